The highest BCUT2D eigenvalue weighted by Gasteiger charge is 2.89. The number of hydrogen-bond donors (Lipinski definition) is 0. The lowest BCUT2D eigenvalue weighted by Crippen LogP contribution is -2.89. The molecule has 0 radical (unpaired) electrons. The van der Waals surface area contributed by atoms with Crippen LogP contribution in [0.1, 0.15) is 36.0 Å². The zero-order valence-corrected chi connectivity index (χ0v) is 32.1. The van der Waals surface area contributed by atoms with Crippen LogP contribution in [-0.4, -0.2) is 29.9 Å². The van der Waals surface area contributed by atoms with Crippen LogP contribution < -0.4 is 0 Å². The van der Waals surface area contributed by atoms with Crippen molar-refractivity contribution in [2.75, 3.05) is 0 Å². The summed E-state index contributed by atoms with van der Waals surface area (Å²) in [6, 6.07) is 58.2. The Morgan fingerprint density at radius 2 is 0.763 bits per heavy atom. The van der Waals surface area contributed by atoms with E-state index in [9.17, 15) is 5.26 Å². The van der Waals surface area contributed by atoms with Gasteiger partial charge in [0, 0.05) is 38.8 Å². The largest absolute Gasteiger partial charge is 0.208 e. The normalized spacial score (nSPS) is 24.2. The highest BCUT2D eigenvalue weighted by molar-refractivity contribution is 5.71. The Balaban J connectivity index is 0.965. The van der Waals surface area contributed by atoms with E-state index in [0.29, 0.717) is 57.8 Å². The van der Waals surface area contributed by atoms with Crippen LogP contribution in [-0.2, 0) is 5.41 Å². The van der Waals surface area contributed by atoms with E-state index in [4.69, 9.17) is 29.9 Å². The number of hydrogen-bond acceptors (Lipinski definition) is 7. The maximum absolute atomic E-state index is 11.0. The minimum absolute atomic E-state index is 0.247. The van der Waals surface area contributed by atoms with Gasteiger partial charge >= 0.3 is 0 Å². The molecule has 0 aliphatic heterocycles. The molecule has 5 unspecified atom stereocenters. The fourth-order valence-corrected chi connectivity index (χ4v) is 11.7. The lowest BCUT2D eigenvalue weighted by molar-refractivity contribution is -0.413. The van der Waals surface area contributed by atoms with Crippen molar-refractivity contribution in [3.05, 3.63) is 180 Å². The molecule has 0 N–H and O–H groups in total. The quantitative estimate of drug-likeness (QED) is 0.152. The molecule has 2 aromatic heterocycles. The van der Waals surface area contributed by atoms with Gasteiger partial charge in [0.2, 0.25) is 0 Å². The standard InChI is InChI=1S/C52H37N7/c53-31-38-27-37(50-58-47(34-17-9-3-10-18-34)55-48(59-50)35-19-11-4-12-20-35)23-26-42(38)52(43-29-40-28-41-30-44(52)51(40,41)43)39-24-21-36(22-25-39)49-56-45(32-13-5-1-6-14-32)54-46(57-49)33-15-7-2-8-16-33/h1-27,40-41,43-44H,28-30H2/t40?,41?,43-,44?,51?,52?/m0/s1. The smallest absolute Gasteiger partial charge is 0.164 e. The second kappa shape index (κ2) is 12.9. The summed E-state index contributed by atoms with van der Waals surface area (Å²) in [5, 5.41) is 11.0. The van der Waals surface area contributed by atoms with E-state index < -0.39 is 0 Å². The van der Waals surface area contributed by atoms with Crippen LogP contribution >= 0.6 is 0 Å². The average molecular weight is 760 g/mol. The molecule has 4 fully saturated rings. The Hall–Kier alpha value is -7.17. The van der Waals surface area contributed by atoms with Crippen molar-refractivity contribution < 1.29 is 0 Å². The van der Waals surface area contributed by atoms with E-state index in [1.165, 1.54) is 24.8 Å². The number of nitrogens with zero attached hydrogens (tertiary/aromatic N) is 7. The van der Waals surface area contributed by atoms with Crippen LogP contribution in [0.3, 0.4) is 0 Å². The Morgan fingerprint density at radius 1 is 0.407 bits per heavy atom. The summed E-state index contributed by atoms with van der Waals surface area (Å²) in [5.74, 6) is 6.36. The molecule has 0 saturated heterocycles. The van der Waals surface area contributed by atoms with Gasteiger partial charge in [-0.3, -0.25) is 0 Å². The third-order valence-corrected chi connectivity index (χ3v) is 14.2. The van der Waals surface area contributed by atoms with Crippen molar-refractivity contribution in [3.63, 3.8) is 0 Å². The van der Waals surface area contributed by atoms with Crippen LogP contribution in [0.15, 0.2) is 164 Å². The molecule has 6 atom stereocenters. The predicted molar refractivity (Wildman–Crippen MR) is 228 cm³/mol. The molecule has 1 spiro atoms. The van der Waals surface area contributed by atoms with Crippen molar-refractivity contribution in [3.8, 4) is 74.4 Å². The molecule has 4 saturated carbocycles. The first-order chi connectivity index (χ1) is 29.1. The SMILES string of the molecule is N#Cc1cc(-c2nc(-c3ccccc3)nc(-c3ccccc3)n2)ccc1C1(c2ccc(-c3nc(-c4ccccc4)nc(-c4ccccc4)n3)cc2)C2CC3CC4C[C@H]1C342. The second-order valence-electron chi connectivity index (χ2n) is 16.6. The van der Waals surface area contributed by atoms with E-state index in [0.717, 1.165) is 50.8 Å². The summed E-state index contributed by atoms with van der Waals surface area (Å²) in [4.78, 5) is 29.8. The minimum Gasteiger partial charge on any atom is -0.208 e. The molecule has 0 amide bonds. The summed E-state index contributed by atoms with van der Waals surface area (Å²) in [7, 11) is 0. The first-order valence-corrected chi connectivity index (χ1v) is 20.5. The molecule has 7 heteroatoms. The lowest BCUT2D eigenvalue weighted by Gasteiger charge is -2.92. The van der Waals surface area contributed by atoms with E-state index in [2.05, 4.69) is 42.5 Å². The maximum atomic E-state index is 11.0. The molecule has 280 valence electrons. The third-order valence-electron chi connectivity index (χ3n) is 14.2. The monoisotopic (exact) mass is 759 g/mol. The lowest BCUT2D eigenvalue weighted by atomic mass is 9.11. The molecule has 8 aromatic rings. The topological polar surface area (TPSA) is 101 Å². The van der Waals surface area contributed by atoms with Gasteiger partial charge < -0.3 is 0 Å². The molecule has 0 bridgehead atoms. The summed E-state index contributed by atoms with van der Waals surface area (Å²) >= 11 is 0. The molecule has 4 aliphatic rings. The molecule has 4 aliphatic carbocycles. The maximum Gasteiger partial charge on any atom is 0.164 e. The molecule has 59 heavy (non-hydrogen) atoms. The highest BCUT2D eigenvalue weighted by atomic mass is 15.0. The van der Waals surface area contributed by atoms with Gasteiger partial charge in [-0.1, -0.05) is 158 Å². The van der Waals surface area contributed by atoms with Gasteiger partial charge in [0.25, 0.3) is 0 Å². The van der Waals surface area contributed by atoms with Crippen LogP contribution in [0.25, 0.3) is 68.3 Å². The van der Waals surface area contributed by atoms with Gasteiger partial charge in [-0.15, -0.1) is 0 Å². The van der Waals surface area contributed by atoms with Gasteiger partial charge in [0.1, 0.15) is 0 Å². The van der Waals surface area contributed by atoms with Gasteiger partial charge in [-0.2, -0.15) is 5.26 Å². The van der Waals surface area contributed by atoms with Crippen molar-refractivity contribution in [1.82, 2.24) is 29.9 Å². The van der Waals surface area contributed by atoms with E-state index in [-0.39, 0.29) is 5.41 Å². The van der Waals surface area contributed by atoms with E-state index >= 15 is 0 Å². The Morgan fingerprint density at radius 3 is 1.14 bits per heavy atom. The first kappa shape index (κ1) is 33.9. The number of aromatic nitrogens is 6. The molecule has 6 aromatic carbocycles. The fraction of sp³-hybridized carbons (Fsp3) is 0.173. The number of rotatable bonds is 8. The van der Waals surface area contributed by atoms with Gasteiger partial charge in [0.05, 0.1) is 11.6 Å². The molecular weight excluding hydrogens is 723 g/mol. The minimum atomic E-state index is -0.247. The van der Waals surface area contributed by atoms with Crippen LogP contribution in [0.4, 0.5) is 0 Å². The van der Waals surface area contributed by atoms with Crippen molar-refractivity contribution in [2.45, 2.75) is 24.7 Å². The highest BCUT2D eigenvalue weighted by Crippen LogP contribution is 2.93. The number of benzene rings is 6. The van der Waals surface area contributed by atoms with Gasteiger partial charge in [-0.25, -0.2) is 29.9 Å². The number of nitriles is 1. The van der Waals surface area contributed by atoms with E-state index in [1.807, 2.05) is 127 Å². The third kappa shape index (κ3) is 4.87. The van der Waals surface area contributed by atoms with Crippen molar-refractivity contribution in [1.29, 1.82) is 5.26 Å². The Labute approximate surface area is 342 Å². The molecule has 7 nitrogen and oxygen atoms in total. The zero-order chi connectivity index (χ0) is 39.1. The van der Waals surface area contributed by atoms with E-state index in [1.54, 1.807) is 0 Å². The molecule has 12 rings (SSSR count). The van der Waals surface area contributed by atoms with Crippen LogP contribution in [0.5, 0.6) is 0 Å². The summed E-state index contributed by atoms with van der Waals surface area (Å²) < 4.78 is 0. The molecule has 2 heterocycles. The average Bonchev–Trinajstić information content (AvgIpc) is 3.29. The zero-order valence-electron chi connectivity index (χ0n) is 32.1. The van der Waals surface area contributed by atoms with Gasteiger partial charge in [-0.05, 0) is 65.5 Å². The summed E-state index contributed by atoms with van der Waals surface area (Å²) in [5.41, 5.74) is 8.74. The van der Waals surface area contributed by atoms with Crippen LogP contribution in [0, 0.1) is 40.4 Å². The predicted octanol–water partition coefficient (Wildman–Crippen LogP) is 10.9. The van der Waals surface area contributed by atoms with Crippen molar-refractivity contribution in [2.24, 2.45) is 29.1 Å². The van der Waals surface area contributed by atoms with Crippen LogP contribution in [0.2, 0.25) is 0 Å². The Kier molecular flexibility index (Phi) is 7.43. The summed E-state index contributed by atoms with van der Waals surface area (Å²) in [6.07, 6.45) is 3.79. The Bertz CT molecular complexity index is 2810. The molecular formula is C52H37N7. The fourth-order valence-electron chi connectivity index (χ4n) is 11.7. The van der Waals surface area contributed by atoms with Crippen molar-refractivity contribution >= 4 is 0 Å². The van der Waals surface area contributed by atoms with Gasteiger partial charge in [0.15, 0.2) is 34.9 Å². The first-order valence-electron chi connectivity index (χ1n) is 20.5. The second-order valence-corrected chi connectivity index (χ2v) is 16.6. The summed E-state index contributed by atoms with van der Waals surface area (Å²) in [6.45, 7) is 0.